The summed E-state index contributed by atoms with van der Waals surface area (Å²) in [5, 5.41) is 10.3. The van der Waals surface area contributed by atoms with Gasteiger partial charge in [0.05, 0.1) is 12.7 Å². The minimum atomic E-state index is -3.59. The standard InChI is InChI=1S/C14H17ClN2O3S/c1-20-11-10-17(9-2-8-16)21(18,19)12-7-13-3-5-14(15)6-4-13/h3-7,12H,2,9-11H2,1H3/b12-7-. The molecule has 0 spiro atoms. The maximum Gasteiger partial charge on any atom is 0.236 e. The average Bonchev–Trinajstić information content (AvgIpc) is 2.46. The van der Waals surface area contributed by atoms with Crippen molar-refractivity contribution in [1.29, 1.82) is 5.26 Å². The first-order chi connectivity index (χ1) is 9.99. The van der Waals surface area contributed by atoms with Crippen LogP contribution in [0.4, 0.5) is 0 Å². The highest BCUT2D eigenvalue weighted by molar-refractivity contribution is 7.92. The Balaban J connectivity index is 2.84. The second-order valence-corrected chi connectivity index (χ2v) is 6.45. The van der Waals surface area contributed by atoms with Crippen LogP contribution in [0.3, 0.4) is 0 Å². The number of methoxy groups -OCH3 is 1. The molecule has 7 heteroatoms. The molecule has 0 aliphatic heterocycles. The van der Waals surface area contributed by atoms with E-state index in [4.69, 9.17) is 21.6 Å². The van der Waals surface area contributed by atoms with Crippen LogP contribution in [0, 0.1) is 11.3 Å². The third-order valence-electron chi connectivity index (χ3n) is 2.68. The largest absolute Gasteiger partial charge is 0.383 e. The number of nitriles is 1. The lowest BCUT2D eigenvalue weighted by molar-refractivity contribution is 0.180. The Hall–Kier alpha value is -1.39. The van der Waals surface area contributed by atoms with Crippen molar-refractivity contribution in [2.45, 2.75) is 6.42 Å². The van der Waals surface area contributed by atoms with Gasteiger partial charge >= 0.3 is 0 Å². The quantitative estimate of drug-likeness (QED) is 0.735. The monoisotopic (exact) mass is 328 g/mol. The highest BCUT2D eigenvalue weighted by Gasteiger charge is 2.18. The molecule has 5 nitrogen and oxygen atoms in total. The summed E-state index contributed by atoms with van der Waals surface area (Å²) in [6, 6.07) is 8.77. The van der Waals surface area contributed by atoms with Gasteiger partial charge in [0.2, 0.25) is 10.0 Å². The van der Waals surface area contributed by atoms with Crippen molar-refractivity contribution in [2.75, 3.05) is 26.8 Å². The van der Waals surface area contributed by atoms with Crippen molar-refractivity contribution < 1.29 is 13.2 Å². The summed E-state index contributed by atoms with van der Waals surface area (Å²) < 4.78 is 30.6. The molecule has 0 atom stereocenters. The zero-order valence-electron chi connectivity index (χ0n) is 11.7. The van der Waals surface area contributed by atoms with E-state index in [1.54, 1.807) is 24.3 Å². The van der Waals surface area contributed by atoms with Gasteiger partial charge in [-0.1, -0.05) is 23.7 Å². The summed E-state index contributed by atoms with van der Waals surface area (Å²) in [7, 11) is -2.09. The summed E-state index contributed by atoms with van der Waals surface area (Å²) in [5.41, 5.74) is 0.731. The number of hydrogen-bond donors (Lipinski definition) is 0. The van der Waals surface area contributed by atoms with Crippen LogP contribution in [-0.4, -0.2) is 39.5 Å². The van der Waals surface area contributed by atoms with E-state index < -0.39 is 10.0 Å². The van der Waals surface area contributed by atoms with E-state index in [9.17, 15) is 8.42 Å². The van der Waals surface area contributed by atoms with Crippen LogP contribution in [0.25, 0.3) is 6.08 Å². The number of benzene rings is 1. The van der Waals surface area contributed by atoms with Crippen LogP contribution in [-0.2, 0) is 14.8 Å². The number of nitrogens with zero attached hydrogens (tertiary/aromatic N) is 2. The molecule has 114 valence electrons. The third kappa shape index (κ3) is 6.27. The lowest BCUT2D eigenvalue weighted by atomic mass is 10.2. The van der Waals surface area contributed by atoms with Crippen molar-refractivity contribution in [3.63, 3.8) is 0 Å². The Kier molecular flexibility index (Phi) is 7.40. The Labute approximate surface area is 130 Å². The molecule has 0 heterocycles. The number of hydrogen-bond acceptors (Lipinski definition) is 4. The Morgan fingerprint density at radius 1 is 1.33 bits per heavy atom. The van der Waals surface area contributed by atoms with Gasteiger partial charge in [-0.2, -0.15) is 9.57 Å². The molecule has 0 saturated carbocycles. The molecule has 0 unspecified atom stereocenters. The van der Waals surface area contributed by atoms with Crippen molar-refractivity contribution >= 4 is 27.7 Å². The maximum atomic E-state index is 12.2. The third-order valence-corrected chi connectivity index (χ3v) is 4.50. The molecule has 0 amide bonds. The van der Waals surface area contributed by atoms with Gasteiger partial charge in [-0.25, -0.2) is 8.42 Å². The predicted octanol–water partition coefficient (Wildman–Crippen LogP) is 2.50. The number of sulfonamides is 1. The van der Waals surface area contributed by atoms with E-state index >= 15 is 0 Å². The molecule has 0 bridgehead atoms. The van der Waals surface area contributed by atoms with E-state index in [1.165, 1.54) is 17.5 Å². The summed E-state index contributed by atoms with van der Waals surface area (Å²) in [6.45, 7) is 0.637. The molecule has 1 aromatic rings. The minimum absolute atomic E-state index is 0.137. The lowest BCUT2D eigenvalue weighted by Crippen LogP contribution is -2.33. The number of ether oxygens (including phenoxy) is 1. The van der Waals surface area contributed by atoms with Gasteiger partial charge in [0.1, 0.15) is 0 Å². The Morgan fingerprint density at radius 3 is 2.57 bits per heavy atom. The van der Waals surface area contributed by atoms with Crippen LogP contribution in [0.1, 0.15) is 12.0 Å². The lowest BCUT2D eigenvalue weighted by Gasteiger charge is -2.18. The molecular formula is C14H17ClN2O3S. The van der Waals surface area contributed by atoms with Crippen molar-refractivity contribution in [2.24, 2.45) is 0 Å². The molecular weight excluding hydrogens is 312 g/mol. The molecule has 0 aliphatic rings. The molecule has 0 N–H and O–H groups in total. The topological polar surface area (TPSA) is 70.4 Å². The van der Waals surface area contributed by atoms with Crippen LogP contribution in [0.5, 0.6) is 0 Å². The first-order valence-corrected chi connectivity index (χ1v) is 8.17. The first kappa shape index (κ1) is 17.7. The van der Waals surface area contributed by atoms with Crippen LogP contribution in [0.15, 0.2) is 29.7 Å². The van der Waals surface area contributed by atoms with Crippen LogP contribution in [0.2, 0.25) is 5.02 Å². The summed E-state index contributed by atoms with van der Waals surface area (Å²) in [4.78, 5) is 0. The number of halogens is 1. The van der Waals surface area contributed by atoms with E-state index in [-0.39, 0.29) is 26.1 Å². The molecule has 0 aliphatic carbocycles. The SMILES string of the molecule is COCCN(CCC#N)S(=O)(=O)/C=C\c1ccc(Cl)cc1. The average molecular weight is 329 g/mol. The van der Waals surface area contributed by atoms with Gasteiger partial charge in [0.25, 0.3) is 0 Å². The van der Waals surface area contributed by atoms with Gasteiger partial charge < -0.3 is 4.74 Å². The molecule has 1 aromatic carbocycles. The van der Waals surface area contributed by atoms with E-state index in [2.05, 4.69) is 0 Å². The van der Waals surface area contributed by atoms with Crippen molar-refractivity contribution in [1.82, 2.24) is 4.31 Å². The molecule has 0 saturated heterocycles. The van der Waals surface area contributed by atoms with Gasteiger partial charge in [-0.3, -0.25) is 0 Å². The maximum absolute atomic E-state index is 12.2. The van der Waals surface area contributed by atoms with E-state index in [1.807, 2.05) is 6.07 Å². The number of rotatable bonds is 8. The molecule has 21 heavy (non-hydrogen) atoms. The molecule has 0 fully saturated rings. The van der Waals surface area contributed by atoms with Gasteiger partial charge in [-0.05, 0) is 23.8 Å². The first-order valence-electron chi connectivity index (χ1n) is 6.29. The zero-order chi connectivity index (χ0) is 15.7. The summed E-state index contributed by atoms with van der Waals surface area (Å²) >= 11 is 5.77. The highest BCUT2D eigenvalue weighted by atomic mass is 35.5. The molecule has 1 rings (SSSR count). The fourth-order valence-corrected chi connectivity index (χ4v) is 2.86. The Morgan fingerprint density at radius 2 is 2.00 bits per heavy atom. The van der Waals surface area contributed by atoms with Crippen LogP contribution >= 0.6 is 11.6 Å². The highest BCUT2D eigenvalue weighted by Crippen LogP contribution is 2.12. The Bertz CT molecular complexity index is 606. The van der Waals surface area contributed by atoms with Gasteiger partial charge in [-0.15, -0.1) is 0 Å². The zero-order valence-corrected chi connectivity index (χ0v) is 13.3. The van der Waals surface area contributed by atoms with E-state index in [0.717, 1.165) is 11.0 Å². The predicted molar refractivity (Wildman–Crippen MR) is 83.1 cm³/mol. The fourth-order valence-electron chi connectivity index (χ4n) is 1.56. The van der Waals surface area contributed by atoms with Crippen molar-refractivity contribution in [3.05, 3.63) is 40.3 Å². The summed E-state index contributed by atoms with van der Waals surface area (Å²) in [6.07, 6.45) is 1.63. The van der Waals surface area contributed by atoms with E-state index in [0.29, 0.717) is 5.02 Å². The molecule has 0 radical (unpaired) electrons. The minimum Gasteiger partial charge on any atom is -0.383 e. The van der Waals surface area contributed by atoms with Gasteiger partial charge in [0.15, 0.2) is 0 Å². The van der Waals surface area contributed by atoms with Gasteiger partial charge in [0, 0.05) is 37.1 Å². The van der Waals surface area contributed by atoms with Crippen LogP contribution < -0.4 is 0 Å². The van der Waals surface area contributed by atoms with Crippen molar-refractivity contribution in [3.8, 4) is 6.07 Å². The second-order valence-electron chi connectivity index (χ2n) is 4.20. The second kappa shape index (κ2) is 8.80. The normalized spacial score (nSPS) is 11.9. The fraction of sp³-hybridized carbons (Fsp3) is 0.357. The molecule has 0 aromatic heterocycles. The summed E-state index contributed by atoms with van der Waals surface area (Å²) in [5.74, 6) is 0. The smallest absolute Gasteiger partial charge is 0.236 e.